The van der Waals surface area contributed by atoms with Gasteiger partial charge >= 0.3 is 0 Å². The van der Waals surface area contributed by atoms with Crippen molar-refractivity contribution >= 4 is 39.7 Å². The zero-order chi connectivity index (χ0) is 24.4. The van der Waals surface area contributed by atoms with Gasteiger partial charge in [0.15, 0.2) is 23.9 Å². The van der Waals surface area contributed by atoms with Gasteiger partial charge < -0.3 is 13.9 Å². The molecule has 5 aromatic rings. The lowest BCUT2D eigenvalue weighted by Crippen LogP contribution is -2.20. The molecule has 2 aromatic heterocycles. The molecule has 0 aliphatic rings. The fraction of sp³-hybridized carbons (Fsp3) is 0.0769. The average molecular weight is 485 g/mol. The van der Waals surface area contributed by atoms with Gasteiger partial charge in [-0.15, -0.1) is 0 Å². The van der Waals surface area contributed by atoms with Crippen LogP contribution in [0.4, 0.5) is 0 Å². The van der Waals surface area contributed by atoms with E-state index < -0.39 is 0 Å². The largest absolute Gasteiger partial charge is 0.493 e. The van der Waals surface area contributed by atoms with Crippen molar-refractivity contribution in [2.75, 3.05) is 13.7 Å². The summed E-state index contributed by atoms with van der Waals surface area (Å²) in [5.74, 6) is 1.48. The molecule has 0 atom stereocenters. The number of ether oxygens (including phenoxy) is 2. The zero-order valence-electron chi connectivity index (χ0n) is 18.4. The molecule has 0 unspecified atom stereocenters. The summed E-state index contributed by atoms with van der Waals surface area (Å²) in [4.78, 5) is 18.0. The van der Waals surface area contributed by atoms with Crippen LogP contribution in [0, 0.1) is 11.3 Å². The van der Waals surface area contributed by atoms with E-state index in [1.54, 1.807) is 60.7 Å². The second kappa shape index (κ2) is 9.33. The standard InChI is InChI=1S/C26H17ClN4O4/c1-33-23-12-16(6-8-22(23)34-11-10-28)15-29-31-25(30-20-5-3-2-4-19(20)26(31)32)24-14-17-13-18(27)7-9-21(17)35-24/h2-9,12-15H,11H2,1H3. The molecule has 172 valence electrons. The topological polar surface area (TPSA) is 103 Å². The predicted molar refractivity (Wildman–Crippen MR) is 133 cm³/mol. The third-order valence-electron chi connectivity index (χ3n) is 5.25. The number of benzene rings is 3. The van der Waals surface area contributed by atoms with Crippen molar-refractivity contribution in [1.82, 2.24) is 9.66 Å². The smallest absolute Gasteiger partial charge is 0.282 e. The van der Waals surface area contributed by atoms with Gasteiger partial charge in [0.05, 0.1) is 24.2 Å². The van der Waals surface area contributed by atoms with Crippen molar-refractivity contribution < 1.29 is 13.9 Å². The Morgan fingerprint density at radius 1 is 1.14 bits per heavy atom. The number of para-hydroxylation sites is 1. The van der Waals surface area contributed by atoms with E-state index in [-0.39, 0.29) is 18.0 Å². The van der Waals surface area contributed by atoms with Crippen LogP contribution in [0.5, 0.6) is 11.5 Å². The number of nitrogens with zero attached hydrogens (tertiary/aromatic N) is 4. The highest BCUT2D eigenvalue weighted by Crippen LogP contribution is 2.30. The van der Waals surface area contributed by atoms with E-state index in [9.17, 15) is 4.79 Å². The number of hydrogen-bond donors (Lipinski definition) is 0. The van der Waals surface area contributed by atoms with Crippen LogP contribution in [0.1, 0.15) is 5.56 Å². The van der Waals surface area contributed by atoms with E-state index in [1.165, 1.54) is 18.0 Å². The Bertz CT molecular complexity index is 1700. The molecule has 0 fully saturated rings. The van der Waals surface area contributed by atoms with Crippen LogP contribution in [0.15, 0.2) is 81.0 Å². The highest BCUT2D eigenvalue weighted by molar-refractivity contribution is 6.31. The number of nitriles is 1. The molecule has 5 rings (SSSR count). The van der Waals surface area contributed by atoms with Gasteiger partial charge in [0, 0.05) is 10.4 Å². The van der Waals surface area contributed by atoms with Crippen molar-refractivity contribution in [3.63, 3.8) is 0 Å². The first-order valence-corrected chi connectivity index (χ1v) is 10.9. The second-order valence-corrected chi connectivity index (χ2v) is 7.90. The summed E-state index contributed by atoms with van der Waals surface area (Å²) in [6, 6.07) is 21.1. The number of fused-ring (bicyclic) bond motifs is 2. The summed E-state index contributed by atoms with van der Waals surface area (Å²) in [7, 11) is 1.50. The Hall–Kier alpha value is -4.61. The van der Waals surface area contributed by atoms with Crippen LogP contribution in [0.25, 0.3) is 33.5 Å². The Balaban J connectivity index is 1.64. The maximum Gasteiger partial charge on any atom is 0.282 e. The molecule has 0 spiro atoms. The summed E-state index contributed by atoms with van der Waals surface area (Å²) in [5.41, 5.74) is 1.44. The van der Waals surface area contributed by atoms with Gasteiger partial charge in [-0.25, -0.2) is 4.98 Å². The molecular weight excluding hydrogens is 468 g/mol. The van der Waals surface area contributed by atoms with Gasteiger partial charge in [0.2, 0.25) is 5.82 Å². The second-order valence-electron chi connectivity index (χ2n) is 7.46. The highest BCUT2D eigenvalue weighted by Gasteiger charge is 2.16. The first kappa shape index (κ1) is 22.2. The Morgan fingerprint density at radius 2 is 2.00 bits per heavy atom. The molecule has 0 radical (unpaired) electrons. The fourth-order valence-corrected chi connectivity index (χ4v) is 3.81. The molecule has 0 bridgehead atoms. The van der Waals surface area contributed by atoms with E-state index in [1.807, 2.05) is 12.1 Å². The summed E-state index contributed by atoms with van der Waals surface area (Å²) in [6.45, 7) is -0.103. The fourth-order valence-electron chi connectivity index (χ4n) is 3.63. The van der Waals surface area contributed by atoms with Crippen molar-refractivity contribution in [1.29, 1.82) is 5.26 Å². The molecule has 0 saturated heterocycles. The number of furan rings is 1. The van der Waals surface area contributed by atoms with Crippen LogP contribution in [-0.4, -0.2) is 29.6 Å². The maximum absolute atomic E-state index is 13.4. The molecule has 0 N–H and O–H groups in total. The van der Waals surface area contributed by atoms with E-state index in [0.29, 0.717) is 44.3 Å². The Kier molecular flexibility index (Phi) is 5.92. The third-order valence-corrected chi connectivity index (χ3v) is 5.49. The number of halogens is 1. The zero-order valence-corrected chi connectivity index (χ0v) is 19.2. The molecular formula is C26H17ClN4O4. The molecule has 0 saturated carbocycles. The molecule has 0 amide bonds. The molecule has 0 aliphatic carbocycles. The lowest BCUT2D eigenvalue weighted by Gasteiger charge is -2.09. The lowest BCUT2D eigenvalue weighted by molar-refractivity contribution is 0.329. The normalized spacial score (nSPS) is 11.2. The molecule has 3 aromatic carbocycles. The molecule has 2 heterocycles. The minimum Gasteiger partial charge on any atom is -0.493 e. The minimum atomic E-state index is -0.346. The lowest BCUT2D eigenvalue weighted by atomic mass is 10.2. The van der Waals surface area contributed by atoms with Crippen LogP contribution >= 0.6 is 11.6 Å². The van der Waals surface area contributed by atoms with Crippen molar-refractivity contribution in [2.24, 2.45) is 5.10 Å². The number of hydrogen-bond acceptors (Lipinski definition) is 7. The van der Waals surface area contributed by atoms with Gasteiger partial charge in [-0.2, -0.15) is 15.0 Å². The van der Waals surface area contributed by atoms with Crippen LogP contribution < -0.4 is 15.0 Å². The molecule has 0 aliphatic heterocycles. The number of rotatable bonds is 6. The van der Waals surface area contributed by atoms with Crippen molar-refractivity contribution in [3.8, 4) is 29.2 Å². The van der Waals surface area contributed by atoms with Gasteiger partial charge in [-0.05, 0) is 60.2 Å². The predicted octanol–water partition coefficient (Wildman–Crippen LogP) is 5.26. The molecule has 9 heteroatoms. The van der Waals surface area contributed by atoms with Gasteiger partial charge in [-0.3, -0.25) is 4.79 Å². The Morgan fingerprint density at radius 3 is 2.83 bits per heavy atom. The average Bonchev–Trinajstić information content (AvgIpc) is 3.30. The van der Waals surface area contributed by atoms with E-state index in [4.69, 9.17) is 30.8 Å². The minimum absolute atomic E-state index is 0.103. The maximum atomic E-state index is 13.4. The highest BCUT2D eigenvalue weighted by atomic mass is 35.5. The van der Waals surface area contributed by atoms with E-state index in [2.05, 4.69) is 10.1 Å². The summed E-state index contributed by atoms with van der Waals surface area (Å²) >= 11 is 6.12. The van der Waals surface area contributed by atoms with Crippen molar-refractivity contribution in [3.05, 3.63) is 87.7 Å². The van der Waals surface area contributed by atoms with Crippen molar-refractivity contribution in [2.45, 2.75) is 0 Å². The monoisotopic (exact) mass is 484 g/mol. The van der Waals surface area contributed by atoms with Crippen LogP contribution in [0.3, 0.4) is 0 Å². The quantitative estimate of drug-likeness (QED) is 0.305. The number of aromatic nitrogens is 2. The van der Waals surface area contributed by atoms with Gasteiger partial charge in [0.1, 0.15) is 11.7 Å². The van der Waals surface area contributed by atoms with Crippen LogP contribution in [-0.2, 0) is 0 Å². The summed E-state index contributed by atoms with van der Waals surface area (Å²) < 4.78 is 17.9. The van der Waals surface area contributed by atoms with Gasteiger partial charge in [-0.1, -0.05) is 23.7 Å². The van der Waals surface area contributed by atoms with Crippen LogP contribution in [0.2, 0.25) is 5.02 Å². The molecule has 35 heavy (non-hydrogen) atoms. The third kappa shape index (κ3) is 4.33. The number of methoxy groups -OCH3 is 1. The van der Waals surface area contributed by atoms with E-state index >= 15 is 0 Å². The first-order chi connectivity index (χ1) is 17.1. The first-order valence-electron chi connectivity index (χ1n) is 10.5. The van der Waals surface area contributed by atoms with Gasteiger partial charge in [0.25, 0.3) is 5.56 Å². The summed E-state index contributed by atoms with van der Waals surface area (Å²) in [6.07, 6.45) is 1.51. The summed E-state index contributed by atoms with van der Waals surface area (Å²) in [5, 5.41) is 15.0. The Labute approximate surface area is 204 Å². The molecule has 8 nitrogen and oxygen atoms in total. The SMILES string of the molecule is COc1cc(C=Nn2c(-c3cc4cc(Cl)ccc4o3)nc3ccccc3c2=O)ccc1OCC#N. The van der Waals surface area contributed by atoms with E-state index in [0.717, 1.165) is 5.39 Å².